The monoisotopic (exact) mass is 411 g/mol. The number of rotatable bonds is 8. The number of carbonyl (C=O) groups excluding carboxylic acids is 3. The topological polar surface area (TPSA) is 108 Å². The van der Waals surface area contributed by atoms with E-state index in [-0.39, 0.29) is 18.2 Å². The molecule has 0 unspecified atom stereocenters. The van der Waals surface area contributed by atoms with E-state index in [1.807, 2.05) is 0 Å². The van der Waals surface area contributed by atoms with Gasteiger partial charge in [0.25, 0.3) is 11.8 Å². The standard InChI is InChI=1S/C22H22FN3O4/c23-16-8-9-19-17(13-16)18(22(29)25-19)12-14-5-4-6-15(11-14)21(28)24-10-3-1-2-7-20(27)26-30/h4-6,8-9,11-13,30H,1-3,7,10H2,(H,24,28)(H,25,29)(H,26,27). The van der Waals surface area contributed by atoms with Crippen molar-refractivity contribution in [2.75, 3.05) is 11.9 Å². The fraction of sp³-hybridized carbons (Fsp3) is 0.227. The third kappa shape index (κ3) is 5.30. The summed E-state index contributed by atoms with van der Waals surface area (Å²) in [4.78, 5) is 35.5. The predicted molar refractivity (Wildman–Crippen MR) is 110 cm³/mol. The van der Waals surface area contributed by atoms with Gasteiger partial charge < -0.3 is 10.6 Å². The first-order valence-electron chi connectivity index (χ1n) is 9.62. The summed E-state index contributed by atoms with van der Waals surface area (Å²) < 4.78 is 13.6. The second kappa shape index (κ2) is 9.80. The van der Waals surface area contributed by atoms with Gasteiger partial charge in [0, 0.05) is 35.4 Å². The Morgan fingerprint density at radius 1 is 1.10 bits per heavy atom. The molecule has 0 aliphatic carbocycles. The minimum Gasteiger partial charge on any atom is -0.352 e. The van der Waals surface area contributed by atoms with Crippen molar-refractivity contribution in [3.8, 4) is 0 Å². The smallest absolute Gasteiger partial charge is 0.256 e. The van der Waals surface area contributed by atoms with Gasteiger partial charge >= 0.3 is 0 Å². The van der Waals surface area contributed by atoms with Gasteiger partial charge in [0.05, 0.1) is 0 Å². The van der Waals surface area contributed by atoms with Crippen LogP contribution < -0.4 is 16.1 Å². The molecule has 8 heteroatoms. The van der Waals surface area contributed by atoms with Crippen molar-refractivity contribution in [2.24, 2.45) is 0 Å². The summed E-state index contributed by atoms with van der Waals surface area (Å²) in [6.45, 7) is 0.458. The first-order valence-corrected chi connectivity index (χ1v) is 9.62. The molecule has 0 saturated carbocycles. The third-order valence-electron chi connectivity index (χ3n) is 4.72. The fourth-order valence-electron chi connectivity index (χ4n) is 3.19. The number of nitrogens with one attached hydrogen (secondary N) is 3. The van der Waals surface area contributed by atoms with Crippen LogP contribution in [-0.2, 0) is 9.59 Å². The molecule has 3 rings (SSSR count). The molecular formula is C22H22FN3O4. The van der Waals surface area contributed by atoms with Crippen LogP contribution in [0.25, 0.3) is 11.6 Å². The van der Waals surface area contributed by atoms with Gasteiger partial charge in [-0.05, 0) is 54.8 Å². The molecule has 0 fully saturated rings. The van der Waals surface area contributed by atoms with Crippen molar-refractivity contribution < 1.29 is 24.0 Å². The molecule has 0 aromatic heterocycles. The quantitative estimate of drug-likeness (QED) is 0.232. The average Bonchev–Trinajstić information content (AvgIpc) is 3.05. The number of halogens is 1. The molecule has 0 spiro atoms. The molecule has 0 radical (unpaired) electrons. The zero-order valence-corrected chi connectivity index (χ0v) is 16.2. The van der Waals surface area contributed by atoms with E-state index in [2.05, 4.69) is 10.6 Å². The lowest BCUT2D eigenvalue weighted by Gasteiger charge is -2.06. The van der Waals surface area contributed by atoms with E-state index in [4.69, 9.17) is 5.21 Å². The van der Waals surface area contributed by atoms with Gasteiger partial charge in [0.15, 0.2) is 0 Å². The highest BCUT2D eigenvalue weighted by atomic mass is 19.1. The minimum atomic E-state index is -0.429. The molecular weight excluding hydrogens is 389 g/mol. The Morgan fingerprint density at radius 3 is 2.73 bits per heavy atom. The van der Waals surface area contributed by atoms with Crippen LogP contribution >= 0.6 is 0 Å². The Bertz CT molecular complexity index is 1000. The summed E-state index contributed by atoms with van der Waals surface area (Å²) in [5.74, 6) is -1.42. The molecule has 7 nitrogen and oxygen atoms in total. The van der Waals surface area contributed by atoms with Crippen molar-refractivity contribution in [3.63, 3.8) is 0 Å². The van der Waals surface area contributed by atoms with Gasteiger partial charge in [-0.25, -0.2) is 9.87 Å². The van der Waals surface area contributed by atoms with Crippen molar-refractivity contribution in [3.05, 3.63) is 65.0 Å². The van der Waals surface area contributed by atoms with Gasteiger partial charge in [-0.2, -0.15) is 0 Å². The number of amides is 3. The summed E-state index contributed by atoms with van der Waals surface area (Å²) in [7, 11) is 0. The van der Waals surface area contributed by atoms with Crippen molar-refractivity contribution in [2.45, 2.75) is 25.7 Å². The van der Waals surface area contributed by atoms with Crippen molar-refractivity contribution >= 4 is 35.1 Å². The SMILES string of the molecule is O=C(CCCCCNC(=O)c1cccc(C=C2C(=O)Nc3ccc(F)cc32)c1)NO. The zero-order chi connectivity index (χ0) is 21.5. The van der Waals surface area contributed by atoms with Crippen LogP contribution in [0.4, 0.5) is 10.1 Å². The Hall–Kier alpha value is -3.52. The van der Waals surface area contributed by atoms with Crippen molar-refractivity contribution in [1.29, 1.82) is 0 Å². The normalized spacial score (nSPS) is 13.7. The number of unbranched alkanes of at least 4 members (excludes halogenated alkanes) is 2. The van der Waals surface area contributed by atoms with Crippen LogP contribution in [-0.4, -0.2) is 29.5 Å². The summed E-state index contributed by atoms with van der Waals surface area (Å²) in [6, 6.07) is 10.9. The van der Waals surface area contributed by atoms with Crippen LogP contribution in [0.3, 0.4) is 0 Å². The Balaban J connectivity index is 1.61. The maximum atomic E-state index is 13.6. The number of hydrogen-bond acceptors (Lipinski definition) is 4. The van der Waals surface area contributed by atoms with E-state index in [0.29, 0.717) is 47.3 Å². The number of carbonyl (C=O) groups is 3. The summed E-state index contributed by atoms with van der Waals surface area (Å²) in [6.07, 6.45) is 3.93. The molecule has 2 aromatic rings. The Morgan fingerprint density at radius 2 is 1.93 bits per heavy atom. The molecule has 4 N–H and O–H groups in total. The highest BCUT2D eigenvalue weighted by molar-refractivity contribution is 6.34. The lowest BCUT2D eigenvalue weighted by Crippen LogP contribution is -2.24. The van der Waals surface area contributed by atoms with Gasteiger partial charge in [-0.1, -0.05) is 18.6 Å². The van der Waals surface area contributed by atoms with Gasteiger partial charge in [-0.3, -0.25) is 19.6 Å². The molecule has 1 aliphatic heterocycles. The van der Waals surface area contributed by atoms with Crippen LogP contribution in [0.15, 0.2) is 42.5 Å². The summed E-state index contributed by atoms with van der Waals surface area (Å²) in [5, 5.41) is 13.9. The van der Waals surface area contributed by atoms with Gasteiger partial charge in [0.2, 0.25) is 5.91 Å². The number of anilines is 1. The Labute approximate surface area is 172 Å². The molecule has 2 aromatic carbocycles. The van der Waals surface area contributed by atoms with Gasteiger partial charge in [0.1, 0.15) is 5.82 Å². The molecule has 30 heavy (non-hydrogen) atoms. The van der Waals surface area contributed by atoms with Crippen LogP contribution in [0.5, 0.6) is 0 Å². The van der Waals surface area contributed by atoms with E-state index in [1.54, 1.807) is 35.8 Å². The lowest BCUT2D eigenvalue weighted by atomic mass is 10.0. The van der Waals surface area contributed by atoms with Crippen molar-refractivity contribution in [1.82, 2.24) is 10.8 Å². The molecule has 1 aliphatic rings. The number of benzene rings is 2. The number of hydrogen-bond donors (Lipinski definition) is 4. The molecule has 3 amide bonds. The maximum Gasteiger partial charge on any atom is 0.256 e. The molecule has 0 atom stereocenters. The summed E-state index contributed by atoms with van der Waals surface area (Å²) in [5.41, 5.74) is 4.07. The molecule has 156 valence electrons. The summed E-state index contributed by atoms with van der Waals surface area (Å²) >= 11 is 0. The van der Waals surface area contributed by atoms with Crippen LogP contribution in [0.1, 0.15) is 47.2 Å². The average molecular weight is 411 g/mol. The second-order valence-corrected chi connectivity index (χ2v) is 6.93. The van der Waals surface area contributed by atoms with E-state index in [1.165, 1.54) is 18.2 Å². The molecule has 0 bridgehead atoms. The minimum absolute atomic E-state index is 0.238. The fourth-order valence-corrected chi connectivity index (χ4v) is 3.19. The maximum absolute atomic E-state index is 13.6. The number of fused-ring (bicyclic) bond motifs is 1. The molecule has 1 heterocycles. The predicted octanol–water partition coefficient (Wildman–Crippen LogP) is 3.11. The highest BCUT2D eigenvalue weighted by Gasteiger charge is 2.24. The van der Waals surface area contributed by atoms with Crippen LogP contribution in [0.2, 0.25) is 0 Å². The third-order valence-corrected chi connectivity index (χ3v) is 4.72. The zero-order valence-electron chi connectivity index (χ0n) is 16.2. The number of hydroxylamine groups is 1. The first-order chi connectivity index (χ1) is 14.5. The van der Waals surface area contributed by atoms with E-state index < -0.39 is 11.7 Å². The van der Waals surface area contributed by atoms with Crippen LogP contribution in [0, 0.1) is 5.82 Å². The second-order valence-electron chi connectivity index (χ2n) is 6.93. The highest BCUT2D eigenvalue weighted by Crippen LogP contribution is 2.33. The molecule has 0 saturated heterocycles. The lowest BCUT2D eigenvalue weighted by molar-refractivity contribution is -0.129. The first kappa shape index (κ1) is 21.2. The van der Waals surface area contributed by atoms with E-state index in [0.717, 1.165) is 6.42 Å². The largest absolute Gasteiger partial charge is 0.352 e. The van der Waals surface area contributed by atoms with E-state index >= 15 is 0 Å². The van der Waals surface area contributed by atoms with Gasteiger partial charge in [-0.15, -0.1) is 0 Å². The van der Waals surface area contributed by atoms with E-state index in [9.17, 15) is 18.8 Å². The Kier molecular flexibility index (Phi) is 6.92.